The molecule has 3 rings (SSSR count). The minimum atomic E-state index is -0.479. The van der Waals surface area contributed by atoms with E-state index >= 15 is 0 Å². The van der Waals surface area contributed by atoms with Crippen LogP contribution in [0.1, 0.15) is 47.3 Å². The molecule has 1 heterocycles. The molecule has 5 nitrogen and oxygen atoms in total. The number of hydrogen-bond acceptors (Lipinski definition) is 4. The summed E-state index contributed by atoms with van der Waals surface area (Å²) < 4.78 is 6.42. The first kappa shape index (κ1) is 18.9. The number of carbonyl (C=O) groups is 1. The summed E-state index contributed by atoms with van der Waals surface area (Å²) in [6, 6.07) is 9.60. The summed E-state index contributed by atoms with van der Waals surface area (Å²) in [5.74, 6) is 0.401. The molecule has 0 aliphatic heterocycles. The van der Waals surface area contributed by atoms with E-state index in [0.717, 1.165) is 41.3 Å². The second-order valence-corrected chi connectivity index (χ2v) is 7.53. The first-order valence-electron chi connectivity index (χ1n) is 8.83. The quantitative estimate of drug-likeness (QED) is 0.779. The van der Waals surface area contributed by atoms with E-state index in [1.54, 1.807) is 19.4 Å². The molecule has 1 aliphatic carbocycles. The fraction of sp³-hybridized carbons (Fsp3) is 0.400. The van der Waals surface area contributed by atoms with Gasteiger partial charge in [0.1, 0.15) is 11.4 Å². The maximum Gasteiger partial charge on any atom is 0.270 e. The van der Waals surface area contributed by atoms with Crippen LogP contribution >= 0.6 is 15.9 Å². The predicted octanol–water partition coefficient (Wildman–Crippen LogP) is 3.48. The molecule has 2 aromatic rings. The summed E-state index contributed by atoms with van der Waals surface area (Å²) >= 11 is 3.43. The van der Waals surface area contributed by atoms with Crippen LogP contribution in [0.3, 0.4) is 0 Å². The maximum absolute atomic E-state index is 12.6. The SMILES string of the molecule is COc1cnc(C(=O)NC2CCCC[C@@H]2O)cc1Cc1ccc(Br)cc1. The summed E-state index contributed by atoms with van der Waals surface area (Å²) in [6.07, 6.45) is 5.31. The van der Waals surface area contributed by atoms with Crippen LogP contribution in [0.2, 0.25) is 0 Å². The number of benzene rings is 1. The van der Waals surface area contributed by atoms with Crippen LogP contribution in [-0.2, 0) is 6.42 Å². The minimum Gasteiger partial charge on any atom is -0.495 e. The van der Waals surface area contributed by atoms with Crippen LogP contribution in [0.15, 0.2) is 41.0 Å². The molecule has 0 spiro atoms. The Bertz CT molecular complexity index is 764. The second kappa shape index (κ2) is 8.64. The van der Waals surface area contributed by atoms with E-state index in [1.165, 1.54) is 0 Å². The molecule has 2 N–H and O–H groups in total. The van der Waals surface area contributed by atoms with E-state index in [9.17, 15) is 9.90 Å². The molecule has 1 aliphatic rings. The zero-order valence-corrected chi connectivity index (χ0v) is 16.3. The lowest BCUT2D eigenvalue weighted by molar-refractivity contribution is 0.0713. The first-order valence-corrected chi connectivity index (χ1v) is 9.62. The van der Waals surface area contributed by atoms with Crippen molar-refractivity contribution >= 4 is 21.8 Å². The van der Waals surface area contributed by atoms with Gasteiger partial charge in [-0.05, 0) is 36.6 Å². The van der Waals surface area contributed by atoms with Crippen LogP contribution in [0.5, 0.6) is 5.75 Å². The number of aliphatic hydroxyl groups excluding tert-OH is 1. The lowest BCUT2D eigenvalue weighted by atomic mass is 9.92. The van der Waals surface area contributed by atoms with E-state index in [4.69, 9.17) is 4.74 Å². The third-order valence-electron chi connectivity index (χ3n) is 4.75. The topological polar surface area (TPSA) is 71.5 Å². The number of hydrogen-bond donors (Lipinski definition) is 2. The second-order valence-electron chi connectivity index (χ2n) is 6.62. The number of rotatable bonds is 5. The van der Waals surface area contributed by atoms with Crippen LogP contribution in [0.4, 0.5) is 0 Å². The van der Waals surface area contributed by atoms with Gasteiger partial charge < -0.3 is 15.2 Å². The Hall–Kier alpha value is -1.92. The Morgan fingerprint density at radius 3 is 2.73 bits per heavy atom. The highest BCUT2D eigenvalue weighted by Crippen LogP contribution is 2.23. The number of amides is 1. The number of carbonyl (C=O) groups excluding carboxylic acids is 1. The molecule has 1 unspecified atom stereocenters. The standard InChI is InChI=1S/C20H23BrN2O3/c1-26-19-12-22-17(20(25)23-16-4-2-3-5-18(16)24)11-14(19)10-13-6-8-15(21)9-7-13/h6-9,11-12,16,18,24H,2-5,10H2,1H3,(H,23,25)/t16?,18-/m0/s1. The van der Waals surface area contributed by atoms with Crippen LogP contribution in [0, 0.1) is 0 Å². The number of pyridine rings is 1. The highest BCUT2D eigenvalue weighted by atomic mass is 79.9. The largest absolute Gasteiger partial charge is 0.495 e. The molecule has 2 atom stereocenters. The Balaban J connectivity index is 1.77. The maximum atomic E-state index is 12.6. The molecular weight excluding hydrogens is 396 g/mol. The van der Waals surface area contributed by atoms with Gasteiger partial charge in [0.15, 0.2) is 0 Å². The molecule has 138 valence electrons. The summed E-state index contributed by atoms with van der Waals surface area (Å²) in [5.41, 5.74) is 2.36. The third-order valence-corrected chi connectivity index (χ3v) is 5.28. The average Bonchev–Trinajstić information content (AvgIpc) is 2.65. The zero-order valence-electron chi connectivity index (χ0n) is 14.7. The summed E-state index contributed by atoms with van der Waals surface area (Å²) in [5, 5.41) is 13.0. The van der Waals surface area contributed by atoms with Crippen molar-refractivity contribution in [3.8, 4) is 5.75 Å². The van der Waals surface area contributed by atoms with Crippen molar-refractivity contribution in [1.29, 1.82) is 0 Å². The molecule has 1 fully saturated rings. The molecule has 1 aromatic carbocycles. The minimum absolute atomic E-state index is 0.199. The van der Waals surface area contributed by atoms with Gasteiger partial charge in [-0.1, -0.05) is 40.9 Å². The Morgan fingerprint density at radius 1 is 1.31 bits per heavy atom. The summed E-state index contributed by atoms with van der Waals surface area (Å²) in [6.45, 7) is 0. The van der Waals surface area contributed by atoms with Crippen molar-refractivity contribution in [3.63, 3.8) is 0 Å². The highest BCUT2D eigenvalue weighted by molar-refractivity contribution is 9.10. The number of aromatic nitrogens is 1. The van der Waals surface area contributed by atoms with E-state index < -0.39 is 6.10 Å². The number of methoxy groups -OCH3 is 1. The lowest BCUT2D eigenvalue weighted by Crippen LogP contribution is -2.45. The van der Waals surface area contributed by atoms with Gasteiger partial charge in [-0.3, -0.25) is 4.79 Å². The summed E-state index contributed by atoms with van der Waals surface area (Å²) in [4.78, 5) is 16.8. The van der Waals surface area contributed by atoms with Crippen LogP contribution in [0.25, 0.3) is 0 Å². The molecule has 6 heteroatoms. The molecule has 1 saturated carbocycles. The smallest absolute Gasteiger partial charge is 0.270 e. The molecule has 1 aromatic heterocycles. The van der Waals surface area contributed by atoms with Crippen molar-refractivity contribution < 1.29 is 14.6 Å². The van der Waals surface area contributed by atoms with Crippen molar-refractivity contribution in [2.24, 2.45) is 0 Å². The van der Waals surface area contributed by atoms with Gasteiger partial charge in [0.25, 0.3) is 5.91 Å². The highest BCUT2D eigenvalue weighted by Gasteiger charge is 2.25. The fourth-order valence-electron chi connectivity index (χ4n) is 3.27. The number of halogens is 1. The third kappa shape index (κ3) is 4.62. The van der Waals surface area contributed by atoms with Crippen molar-refractivity contribution in [2.45, 2.75) is 44.2 Å². The molecule has 1 amide bonds. The normalized spacial score (nSPS) is 19.8. The van der Waals surface area contributed by atoms with Gasteiger partial charge in [0.05, 0.1) is 25.5 Å². The number of aliphatic hydroxyl groups is 1. The zero-order chi connectivity index (χ0) is 18.5. The van der Waals surface area contributed by atoms with Gasteiger partial charge in [-0.15, -0.1) is 0 Å². The van der Waals surface area contributed by atoms with Gasteiger partial charge in [-0.25, -0.2) is 4.98 Å². The van der Waals surface area contributed by atoms with E-state index in [1.807, 2.05) is 24.3 Å². The predicted molar refractivity (Wildman–Crippen MR) is 103 cm³/mol. The van der Waals surface area contributed by atoms with E-state index in [0.29, 0.717) is 17.9 Å². The lowest BCUT2D eigenvalue weighted by Gasteiger charge is -2.28. The van der Waals surface area contributed by atoms with E-state index in [-0.39, 0.29) is 11.9 Å². The molecule has 0 bridgehead atoms. The monoisotopic (exact) mass is 418 g/mol. The number of nitrogens with zero attached hydrogens (tertiary/aromatic N) is 1. The van der Waals surface area contributed by atoms with Crippen LogP contribution in [-0.4, -0.2) is 35.3 Å². The van der Waals surface area contributed by atoms with Gasteiger partial charge >= 0.3 is 0 Å². The number of nitrogens with one attached hydrogen (secondary N) is 1. The van der Waals surface area contributed by atoms with Crippen molar-refractivity contribution in [1.82, 2.24) is 10.3 Å². The number of ether oxygens (including phenoxy) is 1. The Kier molecular flexibility index (Phi) is 6.27. The van der Waals surface area contributed by atoms with Gasteiger partial charge in [0, 0.05) is 16.5 Å². The average molecular weight is 419 g/mol. The summed E-state index contributed by atoms with van der Waals surface area (Å²) in [7, 11) is 1.60. The molecule has 26 heavy (non-hydrogen) atoms. The molecule has 0 saturated heterocycles. The first-order chi connectivity index (χ1) is 12.6. The van der Waals surface area contributed by atoms with Crippen molar-refractivity contribution in [3.05, 3.63) is 57.8 Å². The molecule has 0 radical (unpaired) electrons. The van der Waals surface area contributed by atoms with Gasteiger partial charge in [0.2, 0.25) is 0 Å². The Labute approximate surface area is 161 Å². The van der Waals surface area contributed by atoms with Crippen molar-refractivity contribution in [2.75, 3.05) is 7.11 Å². The molecular formula is C20H23BrN2O3. The van der Waals surface area contributed by atoms with Crippen LogP contribution < -0.4 is 10.1 Å². The Morgan fingerprint density at radius 2 is 2.04 bits per heavy atom. The van der Waals surface area contributed by atoms with Gasteiger partial charge in [-0.2, -0.15) is 0 Å². The fourth-order valence-corrected chi connectivity index (χ4v) is 3.54. The van der Waals surface area contributed by atoms with E-state index in [2.05, 4.69) is 26.2 Å².